The third-order valence-electron chi connectivity index (χ3n) is 4.21. The number of aryl methyl sites for hydroxylation is 1. The van der Waals surface area contributed by atoms with Crippen molar-refractivity contribution >= 4 is 23.5 Å². The fraction of sp³-hybridized carbons (Fsp3) is 0.600. The van der Waals surface area contributed by atoms with E-state index in [9.17, 15) is 19.5 Å². The molecule has 8 nitrogen and oxygen atoms in total. The Hall–Kier alpha value is -2.38. The smallest absolute Gasteiger partial charge is 0.307 e. The van der Waals surface area contributed by atoms with Crippen LogP contribution in [0.15, 0.2) is 6.20 Å². The minimum Gasteiger partial charge on any atom is -0.481 e. The van der Waals surface area contributed by atoms with Gasteiger partial charge in [0.2, 0.25) is 5.91 Å². The first kappa shape index (κ1) is 17.0. The number of carbonyl (C=O) groups is 3. The van der Waals surface area contributed by atoms with E-state index in [1.165, 1.54) is 7.05 Å². The molecule has 1 aromatic heterocycles. The van der Waals surface area contributed by atoms with Gasteiger partial charge in [0.1, 0.15) is 0 Å². The van der Waals surface area contributed by atoms with Crippen molar-refractivity contribution in [3.05, 3.63) is 11.9 Å². The number of nitrogens with one attached hydrogen (secondary N) is 2. The van der Waals surface area contributed by atoms with Gasteiger partial charge in [-0.3, -0.25) is 19.1 Å². The van der Waals surface area contributed by atoms with Crippen LogP contribution in [-0.2, 0) is 16.1 Å². The van der Waals surface area contributed by atoms with Gasteiger partial charge in [0, 0.05) is 19.8 Å². The Bertz CT molecular complexity index is 611. The van der Waals surface area contributed by atoms with Crippen molar-refractivity contribution in [3.63, 3.8) is 0 Å². The van der Waals surface area contributed by atoms with E-state index < -0.39 is 23.7 Å². The van der Waals surface area contributed by atoms with E-state index in [4.69, 9.17) is 0 Å². The Kier molecular flexibility index (Phi) is 5.36. The summed E-state index contributed by atoms with van der Waals surface area (Å²) >= 11 is 0. The van der Waals surface area contributed by atoms with Gasteiger partial charge in [-0.25, -0.2) is 0 Å². The van der Waals surface area contributed by atoms with E-state index >= 15 is 0 Å². The molecule has 1 aliphatic rings. The highest BCUT2D eigenvalue weighted by atomic mass is 16.4. The molecule has 0 spiro atoms. The molecule has 126 valence electrons. The molecule has 1 aromatic rings. The van der Waals surface area contributed by atoms with Gasteiger partial charge in [0.25, 0.3) is 5.91 Å². The van der Waals surface area contributed by atoms with Crippen LogP contribution in [0.2, 0.25) is 0 Å². The Labute approximate surface area is 134 Å². The summed E-state index contributed by atoms with van der Waals surface area (Å²) in [7, 11) is 1.49. The number of carboxylic acids is 1. The highest BCUT2D eigenvalue weighted by Crippen LogP contribution is 2.31. The normalized spacial score (nSPS) is 20.8. The summed E-state index contributed by atoms with van der Waals surface area (Å²) in [6.07, 6.45) is 4.28. The average Bonchev–Trinajstić information content (AvgIpc) is 2.97. The van der Waals surface area contributed by atoms with Crippen molar-refractivity contribution in [1.29, 1.82) is 0 Å². The van der Waals surface area contributed by atoms with Gasteiger partial charge in [-0.1, -0.05) is 12.8 Å². The Morgan fingerprint density at radius 3 is 2.52 bits per heavy atom. The highest BCUT2D eigenvalue weighted by Gasteiger charge is 2.36. The second-order valence-corrected chi connectivity index (χ2v) is 5.65. The van der Waals surface area contributed by atoms with Gasteiger partial charge in [0.15, 0.2) is 5.69 Å². The van der Waals surface area contributed by atoms with Crippen LogP contribution in [0.3, 0.4) is 0 Å². The third kappa shape index (κ3) is 3.69. The van der Waals surface area contributed by atoms with Crippen LogP contribution < -0.4 is 10.6 Å². The number of hydrogen-bond donors (Lipinski definition) is 3. The molecule has 8 heteroatoms. The molecule has 1 heterocycles. The zero-order valence-electron chi connectivity index (χ0n) is 13.3. The first-order valence-corrected chi connectivity index (χ1v) is 7.81. The number of anilines is 1. The standard InChI is InChI=1S/C15H22N4O4/c1-3-19-8-11(12(18-19)14(21)16-2)17-13(20)9-6-4-5-7-10(9)15(22)23/h8-10H,3-7H2,1-2H3,(H,16,21)(H,17,20)(H,22,23)/t9-,10+/m1/s1. The van der Waals surface area contributed by atoms with E-state index in [-0.39, 0.29) is 11.6 Å². The quantitative estimate of drug-likeness (QED) is 0.751. The number of nitrogens with zero attached hydrogens (tertiary/aromatic N) is 2. The van der Waals surface area contributed by atoms with E-state index in [0.717, 1.165) is 12.8 Å². The van der Waals surface area contributed by atoms with Crippen molar-refractivity contribution in [2.75, 3.05) is 12.4 Å². The molecule has 1 aliphatic carbocycles. The summed E-state index contributed by atoms with van der Waals surface area (Å²) in [6.45, 7) is 2.43. The van der Waals surface area contributed by atoms with Crippen LogP contribution >= 0.6 is 0 Å². The maximum atomic E-state index is 12.5. The average molecular weight is 322 g/mol. The fourth-order valence-electron chi connectivity index (χ4n) is 2.93. The van der Waals surface area contributed by atoms with Crippen LogP contribution in [-0.4, -0.2) is 39.7 Å². The molecule has 0 unspecified atom stereocenters. The summed E-state index contributed by atoms with van der Waals surface area (Å²) in [6, 6.07) is 0. The molecular weight excluding hydrogens is 300 g/mol. The number of rotatable bonds is 5. The van der Waals surface area contributed by atoms with Crippen LogP contribution in [0.5, 0.6) is 0 Å². The number of carboxylic acid groups (broad SMARTS) is 1. The first-order valence-electron chi connectivity index (χ1n) is 7.81. The predicted octanol–water partition coefficient (Wildman–Crippen LogP) is 1.09. The summed E-state index contributed by atoms with van der Waals surface area (Å²) in [5.41, 5.74) is 0.441. The van der Waals surface area contributed by atoms with Gasteiger partial charge in [-0.05, 0) is 19.8 Å². The lowest BCUT2D eigenvalue weighted by atomic mass is 9.78. The SMILES string of the molecule is CCn1cc(NC(=O)[C@@H]2CCCC[C@@H]2C(=O)O)c(C(=O)NC)n1. The molecule has 0 bridgehead atoms. The van der Waals surface area contributed by atoms with Gasteiger partial charge in [0.05, 0.1) is 17.5 Å². The van der Waals surface area contributed by atoms with Gasteiger partial charge in [-0.2, -0.15) is 5.10 Å². The minimum atomic E-state index is -0.944. The van der Waals surface area contributed by atoms with Crippen molar-refractivity contribution in [1.82, 2.24) is 15.1 Å². The molecule has 2 rings (SSSR count). The lowest BCUT2D eigenvalue weighted by Crippen LogP contribution is -2.36. The number of aliphatic carboxylic acids is 1. The monoisotopic (exact) mass is 322 g/mol. The Morgan fingerprint density at radius 1 is 1.30 bits per heavy atom. The summed E-state index contributed by atoms with van der Waals surface area (Å²) < 4.78 is 1.55. The zero-order chi connectivity index (χ0) is 17.0. The van der Waals surface area contributed by atoms with Crippen LogP contribution in [0, 0.1) is 11.8 Å². The van der Waals surface area contributed by atoms with Crippen LogP contribution in [0.4, 0.5) is 5.69 Å². The lowest BCUT2D eigenvalue weighted by molar-refractivity contribution is -0.147. The van der Waals surface area contributed by atoms with E-state index in [0.29, 0.717) is 25.1 Å². The van der Waals surface area contributed by atoms with Crippen molar-refractivity contribution in [3.8, 4) is 0 Å². The summed E-state index contributed by atoms with van der Waals surface area (Å²) in [4.78, 5) is 35.7. The van der Waals surface area contributed by atoms with Crippen molar-refractivity contribution in [2.45, 2.75) is 39.2 Å². The van der Waals surface area contributed by atoms with Crippen molar-refractivity contribution in [2.24, 2.45) is 11.8 Å². The lowest BCUT2D eigenvalue weighted by Gasteiger charge is -2.27. The number of carbonyl (C=O) groups excluding carboxylic acids is 2. The molecule has 1 saturated carbocycles. The molecule has 2 atom stereocenters. The predicted molar refractivity (Wildman–Crippen MR) is 83.0 cm³/mol. The van der Waals surface area contributed by atoms with Gasteiger partial charge >= 0.3 is 5.97 Å². The molecule has 23 heavy (non-hydrogen) atoms. The van der Waals surface area contributed by atoms with Gasteiger partial charge < -0.3 is 15.7 Å². The number of amides is 2. The van der Waals surface area contributed by atoms with Crippen LogP contribution in [0.25, 0.3) is 0 Å². The topological polar surface area (TPSA) is 113 Å². The maximum absolute atomic E-state index is 12.5. The number of aromatic nitrogens is 2. The zero-order valence-corrected chi connectivity index (χ0v) is 13.3. The van der Waals surface area contributed by atoms with Gasteiger partial charge in [-0.15, -0.1) is 0 Å². The molecule has 3 N–H and O–H groups in total. The molecule has 0 aromatic carbocycles. The second kappa shape index (κ2) is 7.26. The van der Waals surface area contributed by atoms with Crippen molar-refractivity contribution < 1.29 is 19.5 Å². The summed E-state index contributed by atoms with van der Waals surface area (Å²) in [5, 5.41) is 18.6. The Balaban J connectivity index is 2.20. The molecule has 0 aliphatic heterocycles. The second-order valence-electron chi connectivity index (χ2n) is 5.65. The molecule has 0 radical (unpaired) electrons. The van der Waals surface area contributed by atoms with E-state index in [1.54, 1.807) is 10.9 Å². The minimum absolute atomic E-state index is 0.130. The molecule has 0 saturated heterocycles. The largest absolute Gasteiger partial charge is 0.481 e. The van der Waals surface area contributed by atoms with Crippen LogP contribution in [0.1, 0.15) is 43.1 Å². The Morgan fingerprint density at radius 2 is 1.96 bits per heavy atom. The highest BCUT2D eigenvalue weighted by molar-refractivity contribution is 6.03. The molecule has 2 amide bonds. The summed E-state index contributed by atoms with van der Waals surface area (Å²) in [5.74, 6) is -2.96. The molecular formula is C15H22N4O4. The first-order chi connectivity index (χ1) is 11.0. The number of hydrogen-bond acceptors (Lipinski definition) is 4. The molecule has 1 fully saturated rings. The van der Waals surface area contributed by atoms with E-state index in [2.05, 4.69) is 15.7 Å². The maximum Gasteiger partial charge on any atom is 0.307 e. The fourth-order valence-corrected chi connectivity index (χ4v) is 2.93. The van der Waals surface area contributed by atoms with E-state index in [1.807, 2.05) is 6.92 Å². The third-order valence-corrected chi connectivity index (χ3v) is 4.21.